The molecule has 0 radical (unpaired) electrons. The van der Waals surface area contributed by atoms with E-state index in [0.717, 1.165) is 11.3 Å². The number of benzene rings is 2. The highest BCUT2D eigenvalue weighted by molar-refractivity contribution is 5.92. The molecule has 5 nitrogen and oxygen atoms in total. The van der Waals surface area contributed by atoms with Crippen LogP contribution in [0.4, 0.5) is 0 Å². The van der Waals surface area contributed by atoms with Crippen molar-refractivity contribution in [1.29, 1.82) is 0 Å². The average molecular weight is 307 g/mol. The Hall–Kier alpha value is -3.08. The summed E-state index contributed by atoms with van der Waals surface area (Å²) in [4.78, 5) is 18.4. The molecule has 1 heterocycles. The van der Waals surface area contributed by atoms with Gasteiger partial charge in [0.2, 0.25) is 0 Å². The summed E-state index contributed by atoms with van der Waals surface area (Å²) in [5.74, 6) is 0.101. The molecule has 0 atom stereocenters. The maximum atomic E-state index is 12.7. The fourth-order valence-electron chi connectivity index (χ4n) is 2.39. The van der Waals surface area contributed by atoms with E-state index in [1.807, 2.05) is 30.3 Å². The minimum Gasteiger partial charge on any atom is -0.508 e. The van der Waals surface area contributed by atoms with Crippen LogP contribution in [-0.4, -0.2) is 32.5 Å². The summed E-state index contributed by atoms with van der Waals surface area (Å²) in [5, 5.41) is 9.32. The molecule has 0 bridgehead atoms. The zero-order chi connectivity index (χ0) is 16.2. The number of carbonyl (C=O) groups is 1. The van der Waals surface area contributed by atoms with E-state index in [-0.39, 0.29) is 11.7 Å². The van der Waals surface area contributed by atoms with E-state index in [9.17, 15) is 9.90 Å². The number of hydrogen-bond donors (Lipinski definition) is 1. The highest BCUT2D eigenvalue weighted by Gasteiger charge is 2.17. The maximum Gasteiger partial charge on any atom is 0.272 e. The number of hydrogen-bond acceptors (Lipinski definition) is 3. The Morgan fingerprint density at radius 2 is 1.83 bits per heavy atom. The van der Waals surface area contributed by atoms with Gasteiger partial charge >= 0.3 is 0 Å². The van der Waals surface area contributed by atoms with E-state index in [0.29, 0.717) is 12.2 Å². The number of imidazole rings is 1. The van der Waals surface area contributed by atoms with Gasteiger partial charge in [-0.15, -0.1) is 0 Å². The molecular weight excluding hydrogens is 290 g/mol. The van der Waals surface area contributed by atoms with Crippen LogP contribution in [0, 0.1) is 0 Å². The number of aromatic hydroxyl groups is 1. The zero-order valence-corrected chi connectivity index (χ0v) is 12.8. The summed E-state index contributed by atoms with van der Waals surface area (Å²) in [7, 11) is 1.75. The van der Waals surface area contributed by atoms with Gasteiger partial charge < -0.3 is 10.0 Å². The van der Waals surface area contributed by atoms with Gasteiger partial charge in [-0.25, -0.2) is 4.98 Å². The van der Waals surface area contributed by atoms with Crippen LogP contribution in [0.15, 0.2) is 67.1 Å². The molecule has 1 amide bonds. The lowest BCUT2D eigenvalue weighted by atomic mass is 10.2. The van der Waals surface area contributed by atoms with Crippen molar-refractivity contribution in [3.63, 3.8) is 0 Å². The number of phenols is 1. The minimum absolute atomic E-state index is 0.112. The standard InChI is InChI=1S/C18H17N3O2/c1-20(12-14-7-9-16(22)10-8-14)18(23)17-11-19-13-21(17)15-5-3-2-4-6-15/h2-11,13,22H,12H2,1H3. The Morgan fingerprint density at radius 1 is 1.13 bits per heavy atom. The van der Waals surface area contributed by atoms with E-state index in [1.165, 1.54) is 0 Å². The highest BCUT2D eigenvalue weighted by Crippen LogP contribution is 2.15. The van der Waals surface area contributed by atoms with Gasteiger partial charge in [-0.3, -0.25) is 9.36 Å². The summed E-state index contributed by atoms with van der Waals surface area (Å²) in [6, 6.07) is 16.5. The van der Waals surface area contributed by atoms with Crippen LogP contribution < -0.4 is 0 Å². The van der Waals surface area contributed by atoms with Gasteiger partial charge in [0.1, 0.15) is 11.4 Å². The Labute approximate surface area is 134 Å². The van der Waals surface area contributed by atoms with Crippen molar-refractivity contribution in [1.82, 2.24) is 14.5 Å². The Kier molecular flexibility index (Phi) is 4.10. The van der Waals surface area contributed by atoms with Gasteiger partial charge in [-0.05, 0) is 29.8 Å². The molecule has 0 unspecified atom stereocenters. The lowest BCUT2D eigenvalue weighted by Crippen LogP contribution is -2.28. The first-order valence-corrected chi connectivity index (χ1v) is 7.26. The molecule has 2 aromatic carbocycles. The van der Waals surface area contributed by atoms with Crippen molar-refractivity contribution in [3.8, 4) is 11.4 Å². The Morgan fingerprint density at radius 3 is 2.52 bits per heavy atom. The first-order valence-electron chi connectivity index (χ1n) is 7.26. The summed E-state index contributed by atoms with van der Waals surface area (Å²) in [6.45, 7) is 0.457. The summed E-state index contributed by atoms with van der Waals surface area (Å²) < 4.78 is 1.77. The van der Waals surface area contributed by atoms with Crippen molar-refractivity contribution >= 4 is 5.91 Å². The van der Waals surface area contributed by atoms with Crippen LogP contribution in [0.3, 0.4) is 0 Å². The lowest BCUT2D eigenvalue weighted by Gasteiger charge is -2.18. The molecular formula is C18H17N3O2. The van der Waals surface area contributed by atoms with E-state index in [1.54, 1.807) is 53.3 Å². The van der Waals surface area contributed by atoms with Crippen molar-refractivity contribution in [2.24, 2.45) is 0 Å². The fraction of sp³-hybridized carbons (Fsp3) is 0.111. The van der Waals surface area contributed by atoms with Gasteiger partial charge in [0, 0.05) is 19.3 Å². The second-order valence-electron chi connectivity index (χ2n) is 5.31. The van der Waals surface area contributed by atoms with Crippen LogP contribution in [0.2, 0.25) is 0 Å². The second kappa shape index (κ2) is 6.36. The number of nitrogens with zero attached hydrogens (tertiary/aromatic N) is 3. The Balaban J connectivity index is 1.81. The number of phenolic OH excluding ortho intramolecular Hbond substituents is 1. The minimum atomic E-state index is -0.112. The summed E-state index contributed by atoms with van der Waals surface area (Å²) in [5.41, 5.74) is 2.35. The predicted molar refractivity (Wildman–Crippen MR) is 87.5 cm³/mol. The topological polar surface area (TPSA) is 58.4 Å². The number of amides is 1. The number of para-hydroxylation sites is 1. The number of carbonyl (C=O) groups excluding carboxylic acids is 1. The highest BCUT2D eigenvalue weighted by atomic mass is 16.3. The normalized spacial score (nSPS) is 10.5. The first-order chi connectivity index (χ1) is 11.1. The van der Waals surface area contributed by atoms with E-state index < -0.39 is 0 Å². The number of rotatable bonds is 4. The van der Waals surface area contributed by atoms with Crippen molar-refractivity contribution in [2.45, 2.75) is 6.54 Å². The molecule has 0 saturated heterocycles. The number of aromatic nitrogens is 2. The molecule has 0 fully saturated rings. The summed E-state index contributed by atoms with van der Waals surface area (Å²) >= 11 is 0. The summed E-state index contributed by atoms with van der Waals surface area (Å²) in [6.07, 6.45) is 3.21. The fourth-order valence-corrected chi connectivity index (χ4v) is 2.39. The largest absolute Gasteiger partial charge is 0.508 e. The van der Waals surface area contributed by atoms with E-state index in [2.05, 4.69) is 4.98 Å². The monoisotopic (exact) mass is 307 g/mol. The zero-order valence-electron chi connectivity index (χ0n) is 12.8. The van der Waals surface area contributed by atoms with Crippen LogP contribution in [-0.2, 0) is 6.54 Å². The molecule has 0 aliphatic carbocycles. The van der Waals surface area contributed by atoms with Crippen LogP contribution in [0.25, 0.3) is 5.69 Å². The van der Waals surface area contributed by atoms with Gasteiger partial charge in [0.15, 0.2) is 0 Å². The van der Waals surface area contributed by atoms with Gasteiger partial charge in [-0.2, -0.15) is 0 Å². The van der Waals surface area contributed by atoms with Gasteiger partial charge in [0.25, 0.3) is 5.91 Å². The third-order valence-electron chi connectivity index (χ3n) is 3.59. The van der Waals surface area contributed by atoms with E-state index >= 15 is 0 Å². The molecule has 5 heteroatoms. The van der Waals surface area contributed by atoms with Crippen LogP contribution in [0.5, 0.6) is 5.75 Å². The third kappa shape index (κ3) is 3.23. The molecule has 116 valence electrons. The van der Waals surface area contributed by atoms with Gasteiger partial charge in [0.05, 0.1) is 12.5 Å². The van der Waals surface area contributed by atoms with Crippen molar-refractivity contribution in [2.75, 3.05) is 7.05 Å². The van der Waals surface area contributed by atoms with Crippen molar-refractivity contribution in [3.05, 3.63) is 78.4 Å². The second-order valence-corrected chi connectivity index (χ2v) is 5.31. The molecule has 3 rings (SSSR count). The molecule has 1 N–H and O–H groups in total. The average Bonchev–Trinajstić information content (AvgIpc) is 3.06. The molecule has 0 spiro atoms. The molecule has 0 saturated carbocycles. The SMILES string of the molecule is CN(Cc1ccc(O)cc1)C(=O)c1cncn1-c1ccccc1. The molecule has 23 heavy (non-hydrogen) atoms. The maximum absolute atomic E-state index is 12.7. The smallest absolute Gasteiger partial charge is 0.272 e. The molecule has 1 aromatic heterocycles. The first kappa shape index (κ1) is 14.8. The molecule has 0 aliphatic heterocycles. The molecule has 0 aliphatic rings. The van der Waals surface area contributed by atoms with Crippen LogP contribution >= 0.6 is 0 Å². The Bertz CT molecular complexity index is 795. The lowest BCUT2D eigenvalue weighted by molar-refractivity contribution is 0.0777. The van der Waals surface area contributed by atoms with Crippen molar-refractivity contribution < 1.29 is 9.90 Å². The van der Waals surface area contributed by atoms with Crippen LogP contribution in [0.1, 0.15) is 16.1 Å². The van der Waals surface area contributed by atoms with E-state index in [4.69, 9.17) is 0 Å². The third-order valence-corrected chi connectivity index (χ3v) is 3.59. The molecule has 3 aromatic rings. The predicted octanol–water partition coefficient (Wildman–Crippen LogP) is 2.85. The quantitative estimate of drug-likeness (QED) is 0.806. The van der Waals surface area contributed by atoms with Gasteiger partial charge in [-0.1, -0.05) is 30.3 Å².